The standard InChI is InChI=1S/C37H43N3O5S/c1-5-6-24-38-37(42)35(25-30-10-8-7-9-11-30)39(26-31-16-12-28(2)13-17-31)36(41)27-40(32-18-14-29(3)15-19-32)46(43,44)34-22-20-33(45-4)21-23-34/h7-23,35H,5-6,24-27H2,1-4H3,(H,38,42)/t35-/m0/s1. The van der Waals surface area contributed by atoms with Gasteiger partial charge in [0.25, 0.3) is 10.0 Å². The van der Waals surface area contributed by atoms with Crippen molar-refractivity contribution < 1.29 is 22.7 Å². The van der Waals surface area contributed by atoms with E-state index in [1.54, 1.807) is 36.4 Å². The number of hydrogen-bond acceptors (Lipinski definition) is 5. The molecule has 242 valence electrons. The van der Waals surface area contributed by atoms with Gasteiger partial charge in [0.15, 0.2) is 0 Å². The molecule has 46 heavy (non-hydrogen) atoms. The van der Waals surface area contributed by atoms with Crippen LogP contribution in [-0.4, -0.2) is 51.4 Å². The van der Waals surface area contributed by atoms with Crippen LogP contribution in [0.25, 0.3) is 0 Å². The van der Waals surface area contributed by atoms with Crippen molar-refractivity contribution in [3.63, 3.8) is 0 Å². The van der Waals surface area contributed by atoms with Gasteiger partial charge in [-0.1, -0.05) is 91.2 Å². The lowest BCUT2D eigenvalue weighted by molar-refractivity contribution is -0.140. The molecule has 4 aromatic carbocycles. The van der Waals surface area contributed by atoms with Crippen molar-refractivity contribution in [1.29, 1.82) is 0 Å². The molecule has 0 bridgehead atoms. The average Bonchev–Trinajstić information content (AvgIpc) is 3.07. The Morgan fingerprint density at radius 3 is 2.00 bits per heavy atom. The van der Waals surface area contributed by atoms with Crippen LogP contribution in [-0.2, 0) is 32.6 Å². The van der Waals surface area contributed by atoms with E-state index in [0.29, 0.717) is 18.0 Å². The van der Waals surface area contributed by atoms with Crippen molar-refractivity contribution in [2.45, 2.75) is 57.5 Å². The van der Waals surface area contributed by atoms with Crippen LogP contribution < -0.4 is 14.4 Å². The Kier molecular flexibility index (Phi) is 12.0. The summed E-state index contributed by atoms with van der Waals surface area (Å²) in [5, 5.41) is 3.02. The number of unbranched alkanes of at least 4 members (excludes halogenated alkanes) is 1. The SMILES string of the molecule is CCCCNC(=O)[C@H](Cc1ccccc1)N(Cc1ccc(C)cc1)C(=O)CN(c1ccc(C)cc1)S(=O)(=O)c1ccc(OC)cc1. The Hall–Kier alpha value is -4.63. The Morgan fingerprint density at radius 1 is 0.804 bits per heavy atom. The smallest absolute Gasteiger partial charge is 0.264 e. The van der Waals surface area contributed by atoms with Gasteiger partial charge in [0, 0.05) is 19.5 Å². The Balaban J connectivity index is 1.78. The van der Waals surface area contributed by atoms with Crippen LogP contribution in [0.15, 0.2) is 108 Å². The molecular formula is C37H43N3O5S. The summed E-state index contributed by atoms with van der Waals surface area (Å²) in [6.07, 6.45) is 1.98. The lowest BCUT2D eigenvalue weighted by Crippen LogP contribution is -2.53. The number of carbonyl (C=O) groups is 2. The van der Waals surface area contributed by atoms with E-state index >= 15 is 0 Å². The number of benzene rings is 4. The summed E-state index contributed by atoms with van der Waals surface area (Å²) in [7, 11) is -2.68. The molecule has 0 unspecified atom stereocenters. The Labute approximate surface area is 273 Å². The van der Waals surface area contributed by atoms with E-state index in [2.05, 4.69) is 5.32 Å². The molecule has 0 aliphatic heterocycles. The lowest BCUT2D eigenvalue weighted by atomic mass is 10.0. The fourth-order valence-corrected chi connectivity index (χ4v) is 6.48. The minimum atomic E-state index is -4.19. The van der Waals surface area contributed by atoms with Crippen molar-refractivity contribution in [3.05, 3.63) is 125 Å². The van der Waals surface area contributed by atoms with Gasteiger partial charge < -0.3 is 15.0 Å². The quantitative estimate of drug-likeness (QED) is 0.159. The summed E-state index contributed by atoms with van der Waals surface area (Å²) >= 11 is 0. The molecule has 0 saturated heterocycles. The minimum absolute atomic E-state index is 0.0184. The summed E-state index contributed by atoms with van der Waals surface area (Å²) in [5.41, 5.74) is 4.08. The van der Waals surface area contributed by atoms with Gasteiger partial charge in [-0.25, -0.2) is 8.42 Å². The number of hydrogen-bond donors (Lipinski definition) is 1. The van der Waals surface area contributed by atoms with E-state index in [1.807, 2.05) is 75.4 Å². The molecule has 1 atom stereocenters. The van der Waals surface area contributed by atoms with E-state index in [9.17, 15) is 18.0 Å². The fraction of sp³-hybridized carbons (Fsp3) is 0.297. The number of nitrogens with zero attached hydrogens (tertiary/aromatic N) is 2. The summed E-state index contributed by atoms with van der Waals surface area (Å²) in [4.78, 5) is 29.9. The summed E-state index contributed by atoms with van der Waals surface area (Å²) < 4.78 is 34.7. The minimum Gasteiger partial charge on any atom is -0.497 e. The molecule has 0 aliphatic rings. The zero-order chi connectivity index (χ0) is 33.1. The molecule has 2 amide bonds. The molecule has 9 heteroatoms. The summed E-state index contributed by atoms with van der Waals surface area (Å²) in [6.45, 7) is 6.04. The van der Waals surface area contributed by atoms with Crippen molar-refractivity contribution in [3.8, 4) is 5.75 Å². The highest BCUT2D eigenvalue weighted by molar-refractivity contribution is 7.92. The van der Waals surface area contributed by atoms with Crippen LogP contribution in [0.3, 0.4) is 0 Å². The molecule has 1 N–H and O–H groups in total. The molecule has 4 aromatic rings. The highest BCUT2D eigenvalue weighted by Crippen LogP contribution is 2.27. The zero-order valence-corrected chi connectivity index (χ0v) is 27.8. The molecule has 0 saturated carbocycles. The first-order valence-corrected chi connectivity index (χ1v) is 17.0. The van der Waals surface area contributed by atoms with Crippen LogP contribution in [0.1, 0.15) is 42.0 Å². The number of aryl methyl sites for hydroxylation is 2. The van der Waals surface area contributed by atoms with E-state index in [4.69, 9.17) is 4.74 Å². The number of anilines is 1. The van der Waals surface area contributed by atoms with Crippen LogP contribution in [0.5, 0.6) is 5.75 Å². The van der Waals surface area contributed by atoms with E-state index < -0.39 is 28.5 Å². The second-order valence-electron chi connectivity index (χ2n) is 11.4. The molecule has 0 heterocycles. The number of carbonyl (C=O) groups excluding carboxylic acids is 2. The van der Waals surface area contributed by atoms with Gasteiger partial charge >= 0.3 is 0 Å². The molecule has 0 radical (unpaired) electrons. The van der Waals surface area contributed by atoms with Gasteiger partial charge in [0.2, 0.25) is 11.8 Å². The normalized spacial score (nSPS) is 11.8. The van der Waals surface area contributed by atoms with E-state index in [1.165, 1.54) is 24.1 Å². The van der Waals surface area contributed by atoms with E-state index in [-0.39, 0.29) is 23.8 Å². The number of rotatable bonds is 15. The van der Waals surface area contributed by atoms with Crippen molar-refractivity contribution in [1.82, 2.24) is 10.2 Å². The van der Waals surface area contributed by atoms with Gasteiger partial charge in [0.05, 0.1) is 17.7 Å². The Bertz CT molecular complexity index is 1670. The number of methoxy groups -OCH3 is 1. The third kappa shape index (κ3) is 8.97. The molecule has 0 spiro atoms. The maximum atomic E-state index is 14.5. The highest BCUT2D eigenvalue weighted by atomic mass is 32.2. The van der Waals surface area contributed by atoms with Crippen molar-refractivity contribution >= 4 is 27.5 Å². The van der Waals surface area contributed by atoms with Crippen LogP contribution in [0.4, 0.5) is 5.69 Å². The van der Waals surface area contributed by atoms with Gasteiger partial charge in [-0.05, 0) is 67.8 Å². The zero-order valence-electron chi connectivity index (χ0n) is 27.0. The van der Waals surface area contributed by atoms with Crippen LogP contribution in [0, 0.1) is 13.8 Å². The predicted molar refractivity (Wildman–Crippen MR) is 182 cm³/mol. The first kappa shape index (κ1) is 34.2. The molecule has 4 rings (SSSR count). The number of amides is 2. The van der Waals surface area contributed by atoms with Gasteiger partial charge in [0.1, 0.15) is 18.3 Å². The number of ether oxygens (including phenoxy) is 1. The molecule has 0 aromatic heterocycles. The van der Waals surface area contributed by atoms with Crippen LogP contribution >= 0.6 is 0 Å². The molecular weight excluding hydrogens is 598 g/mol. The first-order chi connectivity index (χ1) is 22.1. The lowest BCUT2D eigenvalue weighted by Gasteiger charge is -2.34. The molecule has 8 nitrogen and oxygen atoms in total. The molecule has 0 aliphatic carbocycles. The molecule has 0 fully saturated rings. The number of sulfonamides is 1. The first-order valence-electron chi connectivity index (χ1n) is 15.5. The summed E-state index contributed by atoms with van der Waals surface area (Å²) in [6, 6.07) is 29.5. The van der Waals surface area contributed by atoms with Gasteiger partial charge in [-0.15, -0.1) is 0 Å². The number of nitrogens with one attached hydrogen (secondary N) is 1. The largest absolute Gasteiger partial charge is 0.497 e. The topological polar surface area (TPSA) is 96.0 Å². The van der Waals surface area contributed by atoms with E-state index in [0.717, 1.165) is 39.4 Å². The maximum absolute atomic E-state index is 14.5. The monoisotopic (exact) mass is 641 g/mol. The third-order valence-corrected chi connectivity index (χ3v) is 9.61. The van der Waals surface area contributed by atoms with Crippen molar-refractivity contribution in [2.24, 2.45) is 0 Å². The highest BCUT2D eigenvalue weighted by Gasteiger charge is 2.34. The second kappa shape index (κ2) is 16.1. The summed E-state index contributed by atoms with van der Waals surface area (Å²) in [5.74, 6) is -0.263. The second-order valence-corrected chi connectivity index (χ2v) is 13.2. The third-order valence-electron chi connectivity index (χ3n) is 7.82. The Morgan fingerprint density at radius 2 is 1.41 bits per heavy atom. The van der Waals surface area contributed by atoms with Gasteiger partial charge in [-0.2, -0.15) is 0 Å². The van der Waals surface area contributed by atoms with Crippen molar-refractivity contribution in [2.75, 3.05) is 24.5 Å². The predicted octanol–water partition coefficient (Wildman–Crippen LogP) is 6.06. The average molecular weight is 642 g/mol. The van der Waals surface area contributed by atoms with Gasteiger partial charge in [-0.3, -0.25) is 13.9 Å². The fourth-order valence-electron chi connectivity index (χ4n) is 5.07. The van der Waals surface area contributed by atoms with Crippen LogP contribution in [0.2, 0.25) is 0 Å². The maximum Gasteiger partial charge on any atom is 0.264 e.